The highest BCUT2D eigenvalue weighted by atomic mass is 79.9. The van der Waals surface area contributed by atoms with Gasteiger partial charge in [-0.05, 0) is 32.1 Å². The van der Waals surface area contributed by atoms with Crippen molar-refractivity contribution in [1.29, 1.82) is 0 Å². The van der Waals surface area contributed by atoms with Crippen molar-refractivity contribution in [1.82, 2.24) is 16.0 Å². The molecule has 0 aromatic rings. The fourth-order valence-electron chi connectivity index (χ4n) is 2.80. The Morgan fingerprint density at radius 1 is 1.00 bits per heavy atom. The summed E-state index contributed by atoms with van der Waals surface area (Å²) in [4.78, 5) is 48.3. The quantitative estimate of drug-likeness (QED) is 0.177. The Morgan fingerprint density at radius 2 is 1.67 bits per heavy atom. The number of rotatable bonds is 16. The van der Waals surface area contributed by atoms with Gasteiger partial charge in [-0.15, -0.1) is 0 Å². The molecule has 172 valence electrons. The van der Waals surface area contributed by atoms with Gasteiger partial charge in [-0.1, -0.05) is 62.5 Å². The van der Waals surface area contributed by atoms with Crippen molar-refractivity contribution in [2.75, 3.05) is 11.9 Å². The Bertz CT molecular complexity index is 593. The molecule has 0 heterocycles. The predicted octanol–water partition coefficient (Wildman–Crippen LogP) is 3.02. The second-order valence-corrected chi connectivity index (χ2v) is 8.47. The molecule has 2 atom stereocenters. The fourth-order valence-corrected chi connectivity index (χ4v) is 3.06. The minimum Gasteiger partial charge on any atom is -0.352 e. The average Bonchev–Trinajstić information content (AvgIpc) is 2.70. The lowest BCUT2D eigenvalue weighted by atomic mass is 10.0. The first-order valence-corrected chi connectivity index (χ1v) is 11.9. The smallest absolute Gasteiger partial charge is 0.247 e. The number of carbonyl (C=O) groups is 4. The number of Topliss-reactive ketones (excluding diaryl/α,β-unsaturated/α-hetero) is 1. The lowest BCUT2D eigenvalue weighted by Crippen LogP contribution is -2.53. The van der Waals surface area contributed by atoms with Crippen LogP contribution in [0.25, 0.3) is 0 Å². The van der Waals surface area contributed by atoms with Crippen LogP contribution in [0.5, 0.6) is 0 Å². The van der Waals surface area contributed by atoms with Crippen molar-refractivity contribution < 1.29 is 19.2 Å². The van der Waals surface area contributed by atoms with Gasteiger partial charge in [0, 0.05) is 23.9 Å². The van der Waals surface area contributed by atoms with E-state index in [9.17, 15) is 19.2 Å². The van der Waals surface area contributed by atoms with Gasteiger partial charge in [0.1, 0.15) is 6.04 Å². The first kappa shape index (κ1) is 28.3. The highest BCUT2D eigenvalue weighted by Gasteiger charge is 2.27. The summed E-state index contributed by atoms with van der Waals surface area (Å²) in [7, 11) is 0. The summed E-state index contributed by atoms with van der Waals surface area (Å²) in [6.45, 7) is 11.4. The van der Waals surface area contributed by atoms with Crippen LogP contribution in [-0.4, -0.2) is 47.5 Å². The minimum atomic E-state index is -0.671. The van der Waals surface area contributed by atoms with Crippen LogP contribution in [0.4, 0.5) is 0 Å². The second kappa shape index (κ2) is 16.1. The number of carbonyl (C=O) groups excluding carboxylic acids is 4. The molecule has 0 aromatic heterocycles. The molecule has 0 aliphatic heterocycles. The van der Waals surface area contributed by atoms with Crippen LogP contribution < -0.4 is 16.0 Å². The maximum atomic E-state index is 12.6. The maximum absolute atomic E-state index is 12.6. The number of nitrogens with one attached hydrogen (secondary N) is 3. The topological polar surface area (TPSA) is 104 Å². The predicted molar refractivity (Wildman–Crippen MR) is 123 cm³/mol. The number of halogens is 1. The Hall–Kier alpha value is -1.70. The van der Waals surface area contributed by atoms with E-state index in [1.165, 1.54) is 6.92 Å². The Morgan fingerprint density at radius 3 is 2.20 bits per heavy atom. The van der Waals surface area contributed by atoms with Gasteiger partial charge in [-0.25, -0.2) is 0 Å². The first-order valence-electron chi connectivity index (χ1n) is 10.8. The van der Waals surface area contributed by atoms with Gasteiger partial charge in [0.2, 0.25) is 17.7 Å². The number of ketones is 1. The zero-order valence-corrected chi connectivity index (χ0v) is 20.4. The van der Waals surface area contributed by atoms with Gasteiger partial charge in [0.15, 0.2) is 5.78 Å². The Kier molecular flexibility index (Phi) is 15.1. The molecule has 0 fully saturated rings. The molecule has 0 unspecified atom stereocenters. The van der Waals surface area contributed by atoms with Crippen LogP contribution in [-0.2, 0) is 19.2 Å². The molecule has 30 heavy (non-hydrogen) atoms. The molecular weight excluding hydrogens is 450 g/mol. The SMILES string of the molecule is C=C(CBr)C(=O)NCCCCCC(=O)N[C@H](C(=O)N[C@@H](CCCC)C(C)=O)C(C)C. The molecule has 0 rings (SSSR count). The zero-order chi connectivity index (χ0) is 23.1. The molecule has 0 bridgehead atoms. The molecule has 7 nitrogen and oxygen atoms in total. The van der Waals surface area contributed by atoms with Crippen molar-refractivity contribution in [2.24, 2.45) is 5.92 Å². The second-order valence-electron chi connectivity index (χ2n) is 7.91. The highest BCUT2D eigenvalue weighted by molar-refractivity contribution is 9.09. The molecule has 0 saturated carbocycles. The van der Waals surface area contributed by atoms with E-state index in [-0.39, 0.29) is 29.4 Å². The highest BCUT2D eigenvalue weighted by Crippen LogP contribution is 2.08. The molecule has 3 amide bonds. The molecular formula is C22H38BrN3O4. The number of unbranched alkanes of at least 4 members (excludes halogenated alkanes) is 3. The first-order chi connectivity index (χ1) is 14.1. The Labute approximate surface area is 189 Å². The van der Waals surface area contributed by atoms with Crippen LogP contribution in [0, 0.1) is 5.92 Å². The van der Waals surface area contributed by atoms with Crippen LogP contribution in [0.2, 0.25) is 0 Å². The molecule has 3 N–H and O–H groups in total. The van der Waals surface area contributed by atoms with E-state index >= 15 is 0 Å². The maximum Gasteiger partial charge on any atom is 0.247 e. The number of alkyl halides is 1. The van der Waals surface area contributed by atoms with Crippen LogP contribution in [0.3, 0.4) is 0 Å². The summed E-state index contributed by atoms with van der Waals surface area (Å²) in [5.41, 5.74) is 0.481. The molecule has 0 spiro atoms. The van der Waals surface area contributed by atoms with Crippen molar-refractivity contribution in [2.45, 2.75) is 84.7 Å². The molecule has 0 aliphatic rings. The molecule has 8 heteroatoms. The minimum absolute atomic E-state index is 0.0718. The number of hydrogen-bond acceptors (Lipinski definition) is 4. The van der Waals surface area contributed by atoms with Gasteiger partial charge >= 0.3 is 0 Å². The van der Waals surface area contributed by atoms with E-state index < -0.39 is 12.1 Å². The molecule has 0 saturated heterocycles. The lowest BCUT2D eigenvalue weighted by molar-refractivity contribution is -0.132. The van der Waals surface area contributed by atoms with E-state index in [0.717, 1.165) is 25.7 Å². The average molecular weight is 488 g/mol. The summed E-state index contributed by atoms with van der Waals surface area (Å²) in [6, 6.07) is -1.18. The third kappa shape index (κ3) is 12.1. The van der Waals surface area contributed by atoms with Crippen LogP contribution in [0.15, 0.2) is 12.2 Å². The van der Waals surface area contributed by atoms with Crippen molar-refractivity contribution in [3.63, 3.8) is 0 Å². The summed E-state index contributed by atoms with van der Waals surface area (Å²) in [5.74, 6) is -0.834. The van der Waals surface area contributed by atoms with E-state index in [2.05, 4.69) is 38.5 Å². The van der Waals surface area contributed by atoms with E-state index in [1.807, 2.05) is 20.8 Å². The molecule has 0 radical (unpaired) electrons. The largest absolute Gasteiger partial charge is 0.352 e. The zero-order valence-electron chi connectivity index (χ0n) is 18.8. The molecule has 0 aliphatic carbocycles. The van der Waals surface area contributed by atoms with E-state index in [4.69, 9.17) is 0 Å². The van der Waals surface area contributed by atoms with E-state index in [0.29, 0.717) is 36.7 Å². The number of hydrogen-bond donors (Lipinski definition) is 3. The van der Waals surface area contributed by atoms with Gasteiger partial charge in [-0.2, -0.15) is 0 Å². The Balaban J connectivity index is 4.38. The van der Waals surface area contributed by atoms with Gasteiger partial charge < -0.3 is 16.0 Å². The summed E-state index contributed by atoms with van der Waals surface area (Å²) < 4.78 is 0. The normalized spacial score (nSPS) is 12.7. The third-order valence-corrected chi connectivity index (χ3v) is 5.44. The van der Waals surface area contributed by atoms with Crippen molar-refractivity contribution >= 4 is 39.4 Å². The van der Waals surface area contributed by atoms with Gasteiger partial charge in [0.25, 0.3) is 0 Å². The fraction of sp³-hybridized carbons (Fsp3) is 0.727. The summed E-state index contributed by atoms with van der Waals surface area (Å²) in [5, 5.41) is 8.81. The van der Waals surface area contributed by atoms with Gasteiger partial charge in [0.05, 0.1) is 6.04 Å². The standard InChI is InChI=1S/C22H38BrN3O4/c1-6-7-11-18(17(5)27)25-22(30)20(15(2)3)26-19(28)12-9-8-10-13-24-21(29)16(4)14-23/h15,18,20H,4,6-14H2,1-3,5H3,(H,24,29)(H,25,30)(H,26,28)/t18-,20-/m0/s1. The molecule has 0 aromatic carbocycles. The lowest BCUT2D eigenvalue weighted by Gasteiger charge is -2.24. The van der Waals surface area contributed by atoms with E-state index in [1.54, 1.807) is 0 Å². The summed E-state index contributed by atoms with van der Waals surface area (Å²) in [6.07, 6.45) is 4.93. The van der Waals surface area contributed by atoms with Crippen LogP contribution >= 0.6 is 15.9 Å². The summed E-state index contributed by atoms with van der Waals surface area (Å²) >= 11 is 3.19. The van der Waals surface area contributed by atoms with Gasteiger partial charge in [-0.3, -0.25) is 19.2 Å². The number of amides is 3. The monoisotopic (exact) mass is 487 g/mol. The van der Waals surface area contributed by atoms with Crippen molar-refractivity contribution in [3.05, 3.63) is 12.2 Å². The van der Waals surface area contributed by atoms with Crippen molar-refractivity contribution in [3.8, 4) is 0 Å². The van der Waals surface area contributed by atoms with Crippen LogP contribution in [0.1, 0.15) is 72.6 Å². The third-order valence-electron chi connectivity index (χ3n) is 4.77.